The molecule has 0 aliphatic rings. The second-order valence-electron chi connectivity index (χ2n) is 6.62. The maximum atomic E-state index is 6.00. The Morgan fingerprint density at radius 1 is 1.17 bits per heavy atom. The van der Waals surface area contributed by atoms with Gasteiger partial charge in [0.2, 0.25) is 0 Å². The first-order valence-corrected chi connectivity index (χ1v) is 9.70. The summed E-state index contributed by atoms with van der Waals surface area (Å²) in [5.41, 5.74) is 0. The van der Waals surface area contributed by atoms with E-state index in [1.807, 2.05) is 49.7 Å². The quantitative estimate of drug-likeness (QED) is 0.199. The first kappa shape index (κ1) is 26.0. The maximum absolute atomic E-state index is 6.00. The van der Waals surface area contributed by atoms with Gasteiger partial charge in [0, 0.05) is 27.3 Å². The highest BCUT2D eigenvalue weighted by atomic mass is 127. The van der Waals surface area contributed by atoms with Gasteiger partial charge in [-0.25, -0.2) is 4.99 Å². The van der Waals surface area contributed by atoms with Crippen LogP contribution in [0.15, 0.2) is 29.3 Å². The van der Waals surface area contributed by atoms with E-state index in [0.717, 1.165) is 24.6 Å². The number of aliphatic imine (C=N–C) groups is 1. The van der Waals surface area contributed by atoms with Crippen LogP contribution in [0.3, 0.4) is 0 Å². The predicted octanol–water partition coefficient (Wildman–Crippen LogP) is 2.29. The predicted molar refractivity (Wildman–Crippen MR) is 128 cm³/mol. The van der Waals surface area contributed by atoms with Crippen molar-refractivity contribution in [3.63, 3.8) is 0 Å². The number of aryl methyl sites for hydroxylation is 1. The fourth-order valence-corrected chi connectivity index (χ4v) is 2.55. The van der Waals surface area contributed by atoms with E-state index >= 15 is 0 Å². The van der Waals surface area contributed by atoms with Crippen molar-refractivity contribution in [2.75, 3.05) is 33.9 Å². The minimum atomic E-state index is -0.0886. The SMILES string of the molecule is COCCCNC(=NCc1nnc(C)n1C)NCC(C)Oc1ccccc1OC.I. The summed E-state index contributed by atoms with van der Waals surface area (Å²) in [6.45, 7) is 6.35. The summed E-state index contributed by atoms with van der Waals surface area (Å²) in [6.07, 6.45) is 0.794. The summed E-state index contributed by atoms with van der Waals surface area (Å²) in [7, 11) is 5.26. The molecule has 2 rings (SSSR count). The number of hydrogen-bond acceptors (Lipinski definition) is 6. The third-order valence-electron chi connectivity index (χ3n) is 4.33. The lowest BCUT2D eigenvalue weighted by atomic mass is 10.3. The summed E-state index contributed by atoms with van der Waals surface area (Å²) < 4.78 is 18.4. The van der Waals surface area contributed by atoms with E-state index in [1.165, 1.54) is 0 Å². The minimum absolute atomic E-state index is 0. The van der Waals surface area contributed by atoms with Gasteiger partial charge < -0.3 is 29.4 Å². The largest absolute Gasteiger partial charge is 0.493 e. The number of methoxy groups -OCH3 is 2. The smallest absolute Gasteiger partial charge is 0.191 e. The summed E-state index contributed by atoms with van der Waals surface area (Å²) in [6, 6.07) is 7.61. The molecule has 0 radical (unpaired) electrons. The molecule has 1 aromatic carbocycles. The molecular formula is C20H33IN6O3. The summed E-state index contributed by atoms with van der Waals surface area (Å²) in [5.74, 6) is 3.78. The lowest BCUT2D eigenvalue weighted by Crippen LogP contribution is -2.42. The molecule has 1 aromatic heterocycles. The zero-order valence-corrected chi connectivity index (χ0v) is 20.7. The molecular weight excluding hydrogens is 499 g/mol. The second-order valence-corrected chi connectivity index (χ2v) is 6.62. The van der Waals surface area contributed by atoms with Crippen LogP contribution in [0.5, 0.6) is 11.5 Å². The molecule has 0 aliphatic carbocycles. The monoisotopic (exact) mass is 532 g/mol. The molecule has 1 atom stereocenters. The van der Waals surface area contributed by atoms with Crippen molar-refractivity contribution in [1.82, 2.24) is 25.4 Å². The van der Waals surface area contributed by atoms with Crippen LogP contribution in [0.1, 0.15) is 25.0 Å². The molecule has 0 spiro atoms. The Balaban J connectivity index is 0.00000450. The first-order valence-electron chi connectivity index (χ1n) is 9.70. The van der Waals surface area contributed by atoms with Crippen molar-refractivity contribution in [2.24, 2.45) is 12.0 Å². The molecule has 0 saturated heterocycles. The third-order valence-corrected chi connectivity index (χ3v) is 4.33. The van der Waals surface area contributed by atoms with Crippen LogP contribution >= 0.6 is 24.0 Å². The second kappa shape index (κ2) is 14.0. The highest BCUT2D eigenvalue weighted by Crippen LogP contribution is 2.26. The molecule has 0 bridgehead atoms. The standard InChI is InChI=1S/C20H32N6O3.HI/c1-15(29-18-10-7-6-9-17(18)28-5)13-22-20(21-11-8-12-27-4)23-14-19-25-24-16(2)26(19)3;/h6-7,9-10,15H,8,11-14H2,1-5H3,(H2,21,22,23);1H. The van der Waals surface area contributed by atoms with Gasteiger partial charge >= 0.3 is 0 Å². The van der Waals surface area contributed by atoms with Crippen LogP contribution in [-0.4, -0.2) is 60.7 Å². The van der Waals surface area contributed by atoms with Gasteiger partial charge in [0.15, 0.2) is 23.3 Å². The normalized spacial score (nSPS) is 12.1. The van der Waals surface area contributed by atoms with Crippen LogP contribution in [0, 0.1) is 6.92 Å². The van der Waals surface area contributed by atoms with Gasteiger partial charge in [0.1, 0.15) is 18.5 Å². The van der Waals surface area contributed by atoms with Crippen LogP contribution in [0.25, 0.3) is 0 Å². The van der Waals surface area contributed by atoms with Crippen LogP contribution in [0.4, 0.5) is 0 Å². The molecule has 0 aliphatic heterocycles. The molecule has 1 unspecified atom stereocenters. The zero-order chi connectivity index (χ0) is 21.1. The third kappa shape index (κ3) is 8.34. The summed E-state index contributed by atoms with van der Waals surface area (Å²) in [4.78, 5) is 4.63. The van der Waals surface area contributed by atoms with Crippen molar-refractivity contribution >= 4 is 29.9 Å². The number of benzene rings is 1. The van der Waals surface area contributed by atoms with Crippen LogP contribution < -0.4 is 20.1 Å². The number of ether oxygens (including phenoxy) is 3. The van der Waals surface area contributed by atoms with Crippen molar-refractivity contribution in [3.8, 4) is 11.5 Å². The first-order chi connectivity index (χ1) is 14.0. The number of para-hydroxylation sites is 2. The molecule has 168 valence electrons. The van der Waals surface area contributed by atoms with Gasteiger partial charge in [-0.15, -0.1) is 34.2 Å². The van der Waals surface area contributed by atoms with Crippen molar-refractivity contribution in [1.29, 1.82) is 0 Å². The van der Waals surface area contributed by atoms with Gasteiger partial charge in [-0.1, -0.05) is 12.1 Å². The molecule has 2 aromatic rings. The molecule has 0 amide bonds. The number of nitrogens with one attached hydrogen (secondary N) is 2. The number of halogens is 1. The van der Waals surface area contributed by atoms with Gasteiger partial charge in [0.25, 0.3) is 0 Å². The summed E-state index contributed by atoms with van der Waals surface area (Å²) >= 11 is 0. The van der Waals surface area contributed by atoms with Gasteiger partial charge in [-0.3, -0.25) is 0 Å². The van der Waals surface area contributed by atoms with E-state index in [9.17, 15) is 0 Å². The van der Waals surface area contributed by atoms with Crippen LogP contribution in [0.2, 0.25) is 0 Å². The van der Waals surface area contributed by atoms with Crippen molar-refractivity contribution in [2.45, 2.75) is 32.9 Å². The van der Waals surface area contributed by atoms with Crippen molar-refractivity contribution < 1.29 is 14.2 Å². The zero-order valence-electron chi connectivity index (χ0n) is 18.3. The van der Waals surface area contributed by atoms with E-state index in [-0.39, 0.29) is 30.1 Å². The Labute approximate surface area is 195 Å². The minimum Gasteiger partial charge on any atom is -0.493 e. The molecule has 2 N–H and O–H groups in total. The average molecular weight is 532 g/mol. The number of nitrogens with zero attached hydrogens (tertiary/aromatic N) is 4. The number of guanidine groups is 1. The Bertz CT molecular complexity index is 784. The fourth-order valence-electron chi connectivity index (χ4n) is 2.55. The molecule has 30 heavy (non-hydrogen) atoms. The van der Waals surface area contributed by atoms with E-state index in [4.69, 9.17) is 14.2 Å². The fraction of sp³-hybridized carbons (Fsp3) is 0.550. The maximum Gasteiger partial charge on any atom is 0.191 e. The Hall–Kier alpha value is -2.08. The van der Waals surface area contributed by atoms with E-state index in [1.54, 1.807) is 14.2 Å². The number of rotatable bonds is 11. The van der Waals surface area contributed by atoms with E-state index in [2.05, 4.69) is 25.8 Å². The topological polar surface area (TPSA) is 94.8 Å². The van der Waals surface area contributed by atoms with Gasteiger partial charge in [-0.2, -0.15) is 0 Å². The molecule has 0 fully saturated rings. The highest BCUT2D eigenvalue weighted by molar-refractivity contribution is 14.0. The van der Waals surface area contributed by atoms with E-state index < -0.39 is 0 Å². The van der Waals surface area contributed by atoms with Crippen molar-refractivity contribution in [3.05, 3.63) is 35.9 Å². The summed E-state index contributed by atoms with van der Waals surface area (Å²) in [5, 5.41) is 14.9. The van der Waals surface area contributed by atoms with Crippen LogP contribution in [-0.2, 0) is 18.3 Å². The van der Waals surface area contributed by atoms with Gasteiger partial charge in [0.05, 0.1) is 13.7 Å². The number of aromatic nitrogens is 3. The molecule has 9 nitrogen and oxygen atoms in total. The number of hydrogen-bond donors (Lipinski definition) is 2. The Morgan fingerprint density at radius 3 is 2.53 bits per heavy atom. The Morgan fingerprint density at radius 2 is 1.90 bits per heavy atom. The Kier molecular flexibility index (Phi) is 12.1. The lowest BCUT2D eigenvalue weighted by molar-refractivity contribution is 0.195. The average Bonchev–Trinajstić information content (AvgIpc) is 3.05. The molecule has 1 heterocycles. The molecule has 10 heteroatoms. The lowest BCUT2D eigenvalue weighted by Gasteiger charge is -2.19. The highest BCUT2D eigenvalue weighted by Gasteiger charge is 2.10. The van der Waals surface area contributed by atoms with E-state index in [0.29, 0.717) is 37.2 Å². The molecule has 0 saturated carbocycles. The van der Waals surface area contributed by atoms with Gasteiger partial charge in [-0.05, 0) is 32.4 Å².